The highest BCUT2D eigenvalue weighted by molar-refractivity contribution is 5.19. The first-order valence-corrected chi connectivity index (χ1v) is 2.98. The molecule has 0 aliphatic carbocycles. The first kappa shape index (κ1) is 8.76. The van der Waals surface area contributed by atoms with E-state index in [0.717, 1.165) is 6.07 Å². The molecule has 0 atom stereocenters. The molecule has 0 N–H and O–H groups in total. The topological polar surface area (TPSA) is 35.0 Å². The molecule has 12 heavy (non-hydrogen) atoms. The summed E-state index contributed by atoms with van der Waals surface area (Å²) in [5.41, 5.74) is -0.866. The summed E-state index contributed by atoms with van der Waals surface area (Å²) in [6, 6.07) is 0.785. The molecule has 0 bridgehead atoms. The maximum atomic E-state index is 12.0. The Labute approximate surface area is 66.2 Å². The summed E-state index contributed by atoms with van der Waals surface area (Å²) in [6.07, 6.45) is -3.76. The molecule has 0 fully saturated rings. The molecule has 0 aliphatic heterocycles. The van der Waals surface area contributed by atoms with E-state index < -0.39 is 11.7 Å². The van der Waals surface area contributed by atoms with E-state index in [1.807, 2.05) is 0 Å². The number of hydrogen-bond acceptors (Lipinski definition) is 3. The van der Waals surface area contributed by atoms with Crippen LogP contribution in [0.5, 0.6) is 5.88 Å². The maximum Gasteiger partial charge on any atom is 0.418 e. The zero-order valence-corrected chi connectivity index (χ0v) is 6.09. The van der Waals surface area contributed by atoms with Gasteiger partial charge in [-0.05, 0) is 0 Å². The second-order valence-electron chi connectivity index (χ2n) is 1.98. The van der Waals surface area contributed by atoms with Crippen molar-refractivity contribution in [2.24, 2.45) is 0 Å². The minimum absolute atomic E-state index is 0.148. The van der Waals surface area contributed by atoms with Crippen LogP contribution in [0.2, 0.25) is 0 Å². The molecule has 0 radical (unpaired) electrons. The number of aromatic nitrogens is 2. The maximum absolute atomic E-state index is 12.0. The van der Waals surface area contributed by atoms with Gasteiger partial charge in [-0.15, -0.1) is 5.10 Å². The Kier molecular flexibility index (Phi) is 2.16. The van der Waals surface area contributed by atoms with E-state index in [1.165, 1.54) is 7.11 Å². The van der Waals surface area contributed by atoms with Gasteiger partial charge in [0.25, 0.3) is 0 Å². The first-order chi connectivity index (χ1) is 5.54. The highest BCUT2D eigenvalue weighted by Crippen LogP contribution is 2.29. The van der Waals surface area contributed by atoms with E-state index in [-0.39, 0.29) is 5.88 Å². The Balaban J connectivity index is 3.02. The molecule has 0 spiro atoms. The third-order valence-electron chi connectivity index (χ3n) is 1.17. The molecule has 66 valence electrons. The van der Waals surface area contributed by atoms with Crippen LogP contribution in [0.25, 0.3) is 0 Å². The van der Waals surface area contributed by atoms with E-state index in [9.17, 15) is 13.2 Å². The van der Waals surface area contributed by atoms with Gasteiger partial charge in [-0.1, -0.05) is 0 Å². The summed E-state index contributed by atoms with van der Waals surface area (Å²) < 4.78 is 40.4. The van der Waals surface area contributed by atoms with Crippen LogP contribution >= 0.6 is 0 Å². The average Bonchev–Trinajstić information content (AvgIpc) is 2.03. The van der Waals surface area contributed by atoms with Crippen molar-refractivity contribution in [3.05, 3.63) is 17.8 Å². The predicted octanol–water partition coefficient (Wildman–Crippen LogP) is 1.50. The minimum atomic E-state index is -4.40. The summed E-state index contributed by atoms with van der Waals surface area (Å²) in [5, 5.41) is 6.43. The third-order valence-corrected chi connectivity index (χ3v) is 1.17. The molecule has 3 nitrogen and oxygen atoms in total. The Bertz CT molecular complexity index is 274. The van der Waals surface area contributed by atoms with Gasteiger partial charge >= 0.3 is 6.18 Å². The minimum Gasteiger partial charge on any atom is -0.480 e. The largest absolute Gasteiger partial charge is 0.480 e. The fourth-order valence-electron chi connectivity index (χ4n) is 0.602. The zero-order valence-electron chi connectivity index (χ0n) is 6.09. The molecule has 1 heterocycles. The van der Waals surface area contributed by atoms with Gasteiger partial charge in [0.1, 0.15) is 0 Å². The molecule has 0 amide bonds. The highest BCUT2D eigenvalue weighted by atomic mass is 19.4. The van der Waals surface area contributed by atoms with Gasteiger partial charge in [0.15, 0.2) is 0 Å². The molecule has 0 saturated heterocycles. The van der Waals surface area contributed by atoms with Gasteiger partial charge in [0.05, 0.1) is 18.9 Å². The molecule has 1 rings (SSSR count). The number of alkyl halides is 3. The van der Waals surface area contributed by atoms with Crippen LogP contribution in [0.1, 0.15) is 5.56 Å². The van der Waals surface area contributed by atoms with E-state index in [1.54, 1.807) is 0 Å². The van der Waals surface area contributed by atoms with Gasteiger partial charge in [-0.3, -0.25) is 0 Å². The van der Waals surface area contributed by atoms with Gasteiger partial charge in [0.2, 0.25) is 5.88 Å². The number of halogens is 3. The van der Waals surface area contributed by atoms with Crippen LogP contribution in [0, 0.1) is 0 Å². The van der Waals surface area contributed by atoms with Crippen LogP contribution in [-0.2, 0) is 6.18 Å². The number of nitrogens with zero attached hydrogens (tertiary/aromatic N) is 2. The quantitative estimate of drug-likeness (QED) is 0.653. The predicted molar refractivity (Wildman–Crippen MR) is 33.6 cm³/mol. The van der Waals surface area contributed by atoms with E-state index >= 15 is 0 Å². The molecule has 1 aromatic heterocycles. The van der Waals surface area contributed by atoms with Crippen molar-refractivity contribution in [1.29, 1.82) is 0 Å². The van der Waals surface area contributed by atoms with Crippen molar-refractivity contribution in [1.82, 2.24) is 10.2 Å². The van der Waals surface area contributed by atoms with Crippen LogP contribution in [-0.4, -0.2) is 17.3 Å². The van der Waals surface area contributed by atoms with E-state index in [2.05, 4.69) is 14.9 Å². The van der Waals surface area contributed by atoms with E-state index in [4.69, 9.17) is 0 Å². The molecule has 0 aliphatic rings. The first-order valence-electron chi connectivity index (χ1n) is 2.98. The third kappa shape index (κ3) is 1.84. The molecular weight excluding hydrogens is 173 g/mol. The van der Waals surface area contributed by atoms with Crippen molar-refractivity contribution < 1.29 is 17.9 Å². The Morgan fingerprint density at radius 3 is 2.58 bits per heavy atom. The van der Waals surface area contributed by atoms with Crippen LogP contribution in [0.3, 0.4) is 0 Å². The zero-order chi connectivity index (χ0) is 9.19. The van der Waals surface area contributed by atoms with Crippen molar-refractivity contribution in [2.75, 3.05) is 7.11 Å². The summed E-state index contributed by atoms with van der Waals surface area (Å²) in [4.78, 5) is 0. The molecule has 0 unspecified atom stereocenters. The summed E-state index contributed by atoms with van der Waals surface area (Å²) >= 11 is 0. The normalized spacial score (nSPS) is 11.3. The van der Waals surface area contributed by atoms with E-state index in [0.29, 0.717) is 6.20 Å². The number of rotatable bonds is 1. The standard InChI is InChI=1S/C6H5F3N2O/c1-12-5-2-4(3-10-11-5)6(7,8)9/h2-3H,1H3. The number of methoxy groups -OCH3 is 1. The summed E-state index contributed by atoms with van der Waals surface area (Å²) in [7, 11) is 1.23. The van der Waals surface area contributed by atoms with Crippen molar-refractivity contribution >= 4 is 0 Å². The molecule has 0 aromatic carbocycles. The molecule has 0 saturated carbocycles. The fraction of sp³-hybridized carbons (Fsp3) is 0.333. The Hall–Kier alpha value is -1.33. The molecular formula is C6H5F3N2O. The van der Waals surface area contributed by atoms with Crippen LogP contribution < -0.4 is 4.74 Å². The molecule has 6 heteroatoms. The van der Waals surface area contributed by atoms with Crippen LogP contribution in [0.4, 0.5) is 13.2 Å². The SMILES string of the molecule is COc1cc(C(F)(F)F)cnn1. The van der Waals surface area contributed by atoms with Crippen molar-refractivity contribution in [2.45, 2.75) is 6.18 Å². The lowest BCUT2D eigenvalue weighted by Crippen LogP contribution is -2.06. The summed E-state index contributed by atoms with van der Waals surface area (Å²) in [5.74, 6) is -0.148. The average molecular weight is 178 g/mol. The van der Waals surface area contributed by atoms with Gasteiger partial charge in [0, 0.05) is 6.07 Å². The monoisotopic (exact) mass is 178 g/mol. The smallest absolute Gasteiger partial charge is 0.418 e. The fourth-order valence-corrected chi connectivity index (χ4v) is 0.602. The Morgan fingerprint density at radius 1 is 1.42 bits per heavy atom. The van der Waals surface area contributed by atoms with Gasteiger partial charge in [-0.25, -0.2) is 0 Å². The summed E-state index contributed by atoms with van der Waals surface area (Å²) in [6.45, 7) is 0. The lowest BCUT2D eigenvalue weighted by atomic mass is 10.3. The van der Waals surface area contributed by atoms with Crippen molar-refractivity contribution in [3.8, 4) is 5.88 Å². The lowest BCUT2D eigenvalue weighted by molar-refractivity contribution is -0.138. The van der Waals surface area contributed by atoms with Gasteiger partial charge < -0.3 is 4.74 Å². The number of ether oxygens (including phenoxy) is 1. The Morgan fingerprint density at radius 2 is 2.08 bits per heavy atom. The molecule has 1 aromatic rings. The second-order valence-corrected chi connectivity index (χ2v) is 1.98. The number of hydrogen-bond donors (Lipinski definition) is 0. The lowest BCUT2D eigenvalue weighted by Gasteiger charge is -2.05. The second kappa shape index (κ2) is 2.96. The highest BCUT2D eigenvalue weighted by Gasteiger charge is 2.31. The van der Waals surface area contributed by atoms with Crippen molar-refractivity contribution in [3.63, 3.8) is 0 Å². The van der Waals surface area contributed by atoms with Crippen LogP contribution in [0.15, 0.2) is 12.3 Å². The van der Waals surface area contributed by atoms with Gasteiger partial charge in [-0.2, -0.15) is 18.3 Å².